The van der Waals surface area contributed by atoms with E-state index in [0.29, 0.717) is 17.3 Å². The first kappa shape index (κ1) is 13.3. The normalized spacial score (nSPS) is 31.9. The van der Waals surface area contributed by atoms with Crippen LogP contribution in [0.25, 0.3) is 0 Å². The smallest absolute Gasteiger partial charge is 0.341 e. The van der Waals surface area contributed by atoms with Gasteiger partial charge >= 0.3 is 5.97 Å². The molecule has 108 valence electrons. The van der Waals surface area contributed by atoms with Gasteiger partial charge in [0.05, 0.1) is 19.3 Å². The highest BCUT2D eigenvalue weighted by atomic mass is 16.5. The van der Waals surface area contributed by atoms with E-state index < -0.39 is 5.97 Å². The Balaban J connectivity index is 1.77. The van der Waals surface area contributed by atoms with Crippen LogP contribution in [0.1, 0.15) is 23.2 Å². The largest absolute Gasteiger partial charge is 0.465 e. The summed E-state index contributed by atoms with van der Waals surface area (Å²) in [5.41, 5.74) is 6.62. The molecule has 6 nitrogen and oxygen atoms in total. The minimum Gasteiger partial charge on any atom is -0.465 e. The summed E-state index contributed by atoms with van der Waals surface area (Å²) in [5, 5.41) is 3.25. The minimum absolute atomic E-state index is 0.00129. The Labute approximate surface area is 117 Å². The molecule has 0 bridgehead atoms. The van der Waals surface area contributed by atoms with E-state index in [-0.39, 0.29) is 18.2 Å². The van der Waals surface area contributed by atoms with Gasteiger partial charge in [-0.25, -0.2) is 9.78 Å². The van der Waals surface area contributed by atoms with Crippen molar-refractivity contribution in [1.82, 2.24) is 4.98 Å². The molecule has 1 aromatic heterocycles. The fraction of sp³-hybridized carbons (Fsp3) is 0.571. The van der Waals surface area contributed by atoms with Crippen molar-refractivity contribution in [3.63, 3.8) is 0 Å². The molecule has 1 aromatic rings. The van der Waals surface area contributed by atoms with Crippen molar-refractivity contribution in [2.75, 3.05) is 19.0 Å². The molecule has 0 amide bonds. The van der Waals surface area contributed by atoms with Crippen molar-refractivity contribution >= 4 is 11.8 Å². The number of anilines is 1. The topological polar surface area (TPSA) is 86.5 Å². The van der Waals surface area contributed by atoms with Gasteiger partial charge in [0.25, 0.3) is 0 Å². The summed E-state index contributed by atoms with van der Waals surface area (Å²) >= 11 is 0. The molecule has 4 atom stereocenters. The number of nitrogens with one attached hydrogen (secondary N) is 1. The zero-order valence-corrected chi connectivity index (χ0v) is 11.4. The SMILES string of the molecule is COC(=O)c1cccnc1NC1C(N)C2CCCOC21. The molecule has 0 spiro atoms. The second-order valence-corrected chi connectivity index (χ2v) is 5.28. The number of rotatable bonds is 3. The van der Waals surface area contributed by atoms with Crippen LogP contribution in [0.3, 0.4) is 0 Å². The number of pyridine rings is 1. The predicted octanol–water partition coefficient (Wildman–Crippen LogP) is 0.785. The van der Waals surface area contributed by atoms with E-state index in [1.807, 2.05) is 0 Å². The number of nitrogens with two attached hydrogens (primary N) is 1. The molecule has 0 aromatic carbocycles. The Bertz CT molecular complexity index is 508. The molecule has 3 rings (SSSR count). The monoisotopic (exact) mass is 277 g/mol. The van der Waals surface area contributed by atoms with Gasteiger partial charge in [0, 0.05) is 24.8 Å². The van der Waals surface area contributed by atoms with Crippen molar-refractivity contribution < 1.29 is 14.3 Å². The summed E-state index contributed by atoms with van der Waals surface area (Å²) < 4.78 is 10.5. The van der Waals surface area contributed by atoms with Crippen molar-refractivity contribution in [2.45, 2.75) is 31.0 Å². The van der Waals surface area contributed by atoms with Crippen LogP contribution in [0, 0.1) is 5.92 Å². The summed E-state index contributed by atoms with van der Waals surface area (Å²) in [7, 11) is 1.36. The molecule has 1 saturated heterocycles. The highest BCUT2D eigenvalue weighted by Crippen LogP contribution is 2.38. The number of carbonyl (C=O) groups excluding carboxylic acids is 1. The summed E-state index contributed by atoms with van der Waals surface area (Å²) in [6.07, 6.45) is 3.93. The molecule has 1 aliphatic carbocycles. The standard InChI is InChI=1S/C14H19N3O3/c1-19-14(18)9-4-2-6-16-13(9)17-11-10(15)8-5-3-7-20-12(8)11/h2,4,6,8,10-12H,3,5,7,15H2,1H3,(H,16,17). The Morgan fingerprint density at radius 2 is 2.45 bits per heavy atom. The van der Waals surface area contributed by atoms with Crippen molar-refractivity contribution in [1.29, 1.82) is 0 Å². The molecule has 2 fully saturated rings. The fourth-order valence-electron chi connectivity index (χ4n) is 3.08. The van der Waals surface area contributed by atoms with Gasteiger partial charge in [-0.3, -0.25) is 0 Å². The lowest BCUT2D eigenvalue weighted by Gasteiger charge is -2.52. The van der Waals surface area contributed by atoms with Gasteiger partial charge in [0.1, 0.15) is 11.4 Å². The third kappa shape index (κ3) is 2.14. The number of fused-ring (bicyclic) bond motifs is 1. The van der Waals surface area contributed by atoms with Crippen molar-refractivity contribution in [3.05, 3.63) is 23.9 Å². The number of aromatic nitrogens is 1. The molecular formula is C14H19N3O3. The third-order valence-electron chi connectivity index (χ3n) is 4.19. The van der Waals surface area contributed by atoms with Crippen LogP contribution in [0.2, 0.25) is 0 Å². The second kappa shape index (κ2) is 5.38. The summed E-state index contributed by atoms with van der Waals surface area (Å²) in [5.74, 6) is 0.508. The van der Waals surface area contributed by atoms with E-state index in [9.17, 15) is 4.79 Å². The number of hydrogen-bond acceptors (Lipinski definition) is 6. The number of methoxy groups -OCH3 is 1. The number of carbonyl (C=O) groups is 1. The first-order valence-electron chi connectivity index (χ1n) is 6.89. The van der Waals surface area contributed by atoms with Crippen LogP contribution >= 0.6 is 0 Å². The van der Waals surface area contributed by atoms with E-state index in [1.165, 1.54) is 7.11 Å². The maximum Gasteiger partial charge on any atom is 0.341 e. The zero-order valence-electron chi connectivity index (χ0n) is 11.4. The van der Waals surface area contributed by atoms with E-state index in [4.69, 9.17) is 15.2 Å². The first-order valence-corrected chi connectivity index (χ1v) is 6.89. The van der Waals surface area contributed by atoms with Crippen LogP contribution in [0.5, 0.6) is 0 Å². The Hall–Kier alpha value is -1.66. The van der Waals surface area contributed by atoms with Gasteiger partial charge in [-0.15, -0.1) is 0 Å². The molecule has 20 heavy (non-hydrogen) atoms. The lowest BCUT2D eigenvalue weighted by Crippen LogP contribution is -2.69. The number of esters is 1. The average molecular weight is 277 g/mol. The Morgan fingerprint density at radius 1 is 1.60 bits per heavy atom. The maximum absolute atomic E-state index is 11.7. The fourth-order valence-corrected chi connectivity index (χ4v) is 3.08. The van der Waals surface area contributed by atoms with Gasteiger partial charge in [-0.1, -0.05) is 0 Å². The maximum atomic E-state index is 11.7. The first-order chi connectivity index (χ1) is 9.72. The van der Waals surface area contributed by atoms with Gasteiger partial charge in [0.15, 0.2) is 0 Å². The van der Waals surface area contributed by atoms with Gasteiger partial charge < -0.3 is 20.5 Å². The molecule has 3 N–H and O–H groups in total. The minimum atomic E-state index is -0.408. The van der Waals surface area contributed by atoms with Crippen molar-refractivity contribution in [2.24, 2.45) is 11.7 Å². The van der Waals surface area contributed by atoms with Crippen LogP contribution < -0.4 is 11.1 Å². The van der Waals surface area contributed by atoms with E-state index in [2.05, 4.69) is 10.3 Å². The highest BCUT2D eigenvalue weighted by molar-refractivity contribution is 5.94. The van der Waals surface area contributed by atoms with Crippen LogP contribution in [0.4, 0.5) is 5.82 Å². The lowest BCUT2D eigenvalue weighted by atomic mass is 9.68. The zero-order chi connectivity index (χ0) is 14.1. The summed E-state index contributed by atoms with van der Waals surface area (Å²) in [6, 6.07) is 3.43. The Morgan fingerprint density at radius 3 is 3.25 bits per heavy atom. The van der Waals surface area contributed by atoms with Crippen LogP contribution in [-0.2, 0) is 9.47 Å². The van der Waals surface area contributed by atoms with E-state index in [1.54, 1.807) is 18.3 Å². The molecule has 4 unspecified atom stereocenters. The van der Waals surface area contributed by atoms with Crippen molar-refractivity contribution in [3.8, 4) is 0 Å². The number of nitrogens with zero attached hydrogens (tertiary/aromatic N) is 1. The van der Waals surface area contributed by atoms with Gasteiger partial charge in [-0.2, -0.15) is 0 Å². The van der Waals surface area contributed by atoms with E-state index in [0.717, 1.165) is 19.4 Å². The average Bonchev–Trinajstić information content (AvgIpc) is 2.51. The van der Waals surface area contributed by atoms with Crippen LogP contribution in [-0.4, -0.2) is 42.9 Å². The summed E-state index contributed by atoms with van der Waals surface area (Å²) in [6.45, 7) is 0.776. The number of ether oxygens (including phenoxy) is 2. The van der Waals surface area contributed by atoms with Crippen LogP contribution in [0.15, 0.2) is 18.3 Å². The number of hydrogen-bond donors (Lipinski definition) is 2. The second-order valence-electron chi connectivity index (χ2n) is 5.28. The quantitative estimate of drug-likeness (QED) is 0.794. The molecule has 1 saturated carbocycles. The molecule has 0 radical (unpaired) electrons. The Kier molecular flexibility index (Phi) is 3.58. The van der Waals surface area contributed by atoms with E-state index >= 15 is 0 Å². The molecule has 2 aliphatic rings. The molecule has 2 heterocycles. The molecule has 6 heteroatoms. The molecule has 1 aliphatic heterocycles. The van der Waals surface area contributed by atoms with Gasteiger partial charge in [0.2, 0.25) is 0 Å². The highest BCUT2D eigenvalue weighted by Gasteiger charge is 2.50. The summed E-state index contributed by atoms with van der Waals surface area (Å²) in [4.78, 5) is 15.9. The predicted molar refractivity (Wildman–Crippen MR) is 73.4 cm³/mol. The molecular weight excluding hydrogens is 258 g/mol. The third-order valence-corrected chi connectivity index (χ3v) is 4.19. The van der Waals surface area contributed by atoms with Gasteiger partial charge in [-0.05, 0) is 25.0 Å². The lowest BCUT2D eigenvalue weighted by molar-refractivity contribution is -0.104.